The molecule has 3 aromatic rings. The highest BCUT2D eigenvalue weighted by Gasteiger charge is 2.25. The molecule has 6 nitrogen and oxygen atoms in total. The monoisotopic (exact) mass is 408 g/mol. The van der Waals surface area contributed by atoms with Crippen molar-refractivity contribution in [2.45, 2.75) is 32.6 Å². The zero-order valence-corrected chi connectivity index (χ0v) is 17.3. The van der Waals surface area contributed by atoms with Crippen molar-refractivity contribution in [3.8, 4) is 11.4 Å². The van der Waals surface area contributed by atoms with Crippen molar-refractivity contribution in [2.75, 3.05) is 36.5 Å². The highest BCUT2D eigenvalue weighted by Crippen LogP contribution is 2.41. The molecule has 0 bridgehead atoms. The van der Waals surface area contributed by atoms with Gasteiger partial charge >= 0.3 is 0 Å². The van der Waals surface area contributed by atoms with Crippen LogP contribution < -0.4 is 10.2 Å². The van der Waals surface area contributed by atoms with E-state index < -0.39 is 0 Å². The largest absolute Gasteiger partial charge is 0.378 e. The number of amides is 1. The predicted octanol–water partition coefficient (Wildman–Crippen LogP) is 4.03. The minimum Gasteiger partial charge on any atom is -0.378 e. The first-order valence-electron chi connectivity index (χ1n) is 10.2. The molecule has 29 heavy (non-hydrogen) atoms. The lowest BCUT2D eigenvalue weighted by molar-refractivity contribution is -0.114. The Labute approximate surface area is 173 Å². The fourth-order valence-corrected chi connectivity index (χ4v) is 5.43. The molecule has 1 N–H and O–H groups in total. The molecular weight excluding hydrogens is 384 g/mol. The van der Waals surface area contributed by atoms with Crippen LogP contribution in [0.2, 0.25) is 0 Å². The Bertz CT molecular complexity index is 1050. The number of nitrogens with zero attached hydrogens (tertiary/aromatic N) is 3. The molecule has 3 heterocycles. The minimum absolute atomic E-state index is 0.0748. The first-order valence-corrected chi connectivity index (χ1v) is 11.0. The third kappa shape index (κ3) is 3.60. The van der Waals surface area contributed by atoms with E-state index in [4.69, 9.17) is 14.7 Å². The van der Waals surface area contributed by atoms with Gasteiger partial charge in [0.1, 0.15) is 10.6 Å². The molecule has 1 aliphatic heterocycles. The van der Waals surface area contributed by atoms with E-state index in [0.717, 1.165) is 66.9 Å². The minimum atomic E-state index is -0.0748. The average Bonchev–Trinajstić information content (AvgIpc) is 3.12. The van der Waals surface area contributed by atoms with E-state index in [1.165, 1.54) is 35.6 Å². The van der Waals surface area contributed by atoms with Gasteiger partial charge in [-0.25, -0.2) is 9.97 Å². The third-order valence-electron chi connectivity index (χ3n) is 5.57. The van der Waals surface area contributed by atoms with Crippen molar-refractivity contribution in [2.24, 2.45) is 0 Å². The van der Waals surface area contributed by atoms with Crippen LogP contribution in [0, 0.1) is 0 Å². The molecule has 5 rings (SSSR count). The van der Waals surface area contributed by atoms with Gasteiger partial charge in [0.05, 0.1) is 18.6 Å². The maximum absolute atomic E-state index is 11.3. The summed E-state index contributed by atoms with van der Waals surface area (Å²) in [6, 6.07) is 7.75. The summed E-state index contributed by atoms with van der Waals surface area (Å²) in [6.07, 6.45) is 4.78. The molecule has 2 aliphatic rings. The van der Waals surface area contributed by atoms with Crippen molar-refractivity contribution in [1.29, 1.82) is 0 Å². The number of morpholine rings is 1. The average molecular weight is 409 g/mol. The number of fused-ring (bicyclic) bond motifs is 3. The smallest absolute Gasteiger partial charge is 0.221 e. The fourth-order valence-electron chi connectivity index (χ4n) is 4.18. The number of hydrogen-bond acceptors (Lipinski definition) is 6. The van der Waals surface area contributed by atoms with Gasteiger partial charge in [-0.15, -0.1) is 11.3 Å². The predicted molar refractivity (Wildman–Crippen MR) is 117 cm³/mol. The highest BCUT2D eigenvalue weighted by molar-refractivity contribution is 7.19. The van der Waals surface area contributed by atoms with Crippen molar-refractivity contribution in [3.05, 3.63) is 34.7 Å². The number of nitrogens with one attached hydrogen (secondary N) is 1. The molecule has 1 saturated heterocycles. The topological polar surface area (TPSA) is 67.4 Å². The molecule has 150 valence electrons. The zero-order chi connectivity index (χ0) is 19.8. The summed E-state index contributed by atoms with van der Waals surface area (Å²) in [7, 11) is 0. The standard InChI is InChI=1S/C22H24N4O2S/c1-14(27)23-16-8-6-15(7-9-16)20-24-21(26-10-12-28-13-11-26)19-17-4-2-3-5-18(17)29-22(19)25-20/h6-9H,2-5,10-13H2,1H3,(H,23,27). The van der Waals surface area contributed by atoms with Crippen LogP contribution in [-0.2, 0) is 22.4 Å². The SMILES string of the molecule is CC(=O)Nc1ccc(-c2nc(N3CCOCC3)c3c4c(sc3n2)CCCC4)cc1. The number of rotatable bonds is 3. The van der Waals surface area contributed by atoms with Gasteiger partial charge in [0, 0.05) is 36.1 Å². The lowest BCUT2D eigenvalue weighted by Gasteiger charge is -2.29. The summed E-state index contributed by atoms with van der Waals surface area (Å²) in [5, 5.41) is 4.06. The molecule has 0 saturated carbocycles. The van der Waals surface area contributed by atoms with Gasteiger partial charge in [0.25, 0.3) is 0 Å². The highest BCUT2D eigenvalue weighted by atomic mass is 32.1. The molecule has 1 aliphatic carbocycles. The Morgan fingerprint density at radius 3 is 2.62 bits per heavy atom. The van der Waals surface area contributed by atoms with E-state index in [-0.39, 0.29) is 5.91 Å². The molecule has 0 radical (unpaired) electrons. The van der Waals surface area contributed by atoms with E-state index in [1.807, 2.05) is 35.6 Å². The van der Waals surface area contributed by atoms with Crippen LogP contribution in [0.25, 0.3) is 21.6 Å². The van der Waals surface area contributed by atoms with E-state index in [2.05, 4.69) is 10.2 Å². The number of carbonyl (C=O) groups is 1. The maximum atomic E-state index is 11.3. The van der Waals surface area contributed by atoms with Crippen LogP contribution in [0.15, 0.2) is 24.3 Å². The van der Waals surface area contributed by atoms with Crippen LogP contribution in [0.4, 0.5) is 11.5 Å². The second kappa shape index (κ2) is 7.72. The summed E-state index contributed by atoms with van der Waals surface area (Å²) >= 11 is 1.83. The quantitative estimate of drug-likeness (QED) is 0.709. The molecule has 0 atom stereocenters. The van der Waals surface area contributed by atoms with Gasteiger partial charge in [-0.1, -0.05) is 0 Å². The molecule has 7 heteroatoms. The number of thiophene rings is 1. The van der Waals surface area contributed by atoms with Crippen LogP contribution in [0.3, 0.4) is 0 Å². The molecule has 1 amide bonds. The number of hydrogen-bond donors (Lipinski definition) is 1. The van der Waals surface area contributed by atoms with Crippen molar-refractivity contribution < 1.29 is 9.53 Å². The van der Waals surface area contributed by atoms with E-state index in [1.54, 1.807) is 0 Å². The summed E-state index contributed by atoms with van der Waals surface area (Å²) in [5.74, 6) is 1.72. The van der Waals surface area contributed by atoms with Crippen LogP contribution >= 0.6 is 11.3 Å². The van der Waals surface area contributed by atoms with Crippen LogP contribution in [0.1, 0.15) is 30.2 Å². The van der Waals surface area contributed by atoms with E-state index in [9.17, 15) is 4.79 Å². The summed E-state index contributed by atoms with van der Waals surface area (Å²) in [5.41, 5.74) is 3.20. The second-order valence-electron chi connectivity index (χ2n) is 7.62. The van der Waals surface area contributed by atoms with Crippen LogP contribution in [-0.4, -0.2) is 42.2 Å². The number of aryl methyl sites for hydroxylation is 2. The third-order valence-corrected chi connectivity index (χ3v) is 6.76. The van der Waals surface area contributed by atoms with Crippen molar-refractivity contribution in [3.63, 3.8) is 0 Å². The number of ether oxygens (including phenoxy) is 1. The fraction of sp³-hybridized carbons (Fsp3) is 0.409. The normalized spacial score (nSPS) is 16.7. The van der Waals surface area contributed by atoms with Gasteiger partial charge in [-0.2, -0.15) is 0 Å². The molecule has 0 spiro atoms. The Morgan fingerprint density at radius 2 is 1.86 bits per heavy atom. The molecule has 1 fully saturated rings. The van der Waals surface area contributed by atoms with E-state index in [0.29, 0.717) is 0 Å². The number of benzene rings is 1. The molecule has 1 aromatic carbocycles. The Morgan fingerprint density at radius 1 is 1.10 bits per heavy atom. The second-order valence-corrected chi connectivity index (χ2v) is 8.70. The number of carbonyl (C=O) groups excluding carboxylic acids is 1. The van der Waals surface area contributed by atoms with Crippen molar-refractivity contribution >= 4 is 39.0 Å². The Kier molecular flexibility index (Phi) is 4.93. The first-order chi connectivity index (χ1) is 14.2. The summed E-state index contributed by atoms with van der Waals surface area (Å²) < 4.78 is 5.57. The summed E-state index contributed by atoms with van der Waals surface area (Å²) in [4.78, 5) is 26.2. The maximum Gasteiger partial charge on any atom is 0.221 e. The zero-order valence-electron chi connectivity index (χ0n) is 16.5. The van der Waals surface area contributed by atoms with Gasteiger partial charge in [-0.3, -0.25) is 4.79 Å². The number of aromatic nitrogens is 2. The number of anilines is 2. The first kappa shape index (κ1) is 18.5. The Hall–Kier alpha value is -2.51. The lowest BCUT2D eigenvalue weighted by Crippen LogP contribution is -2.37. The lowest BCUT2D eigenvalue weighted by atomic mass is 9.97. The van der Waals surface area contributed by atoms with Gasteiger partial charge < -0.3 is 15.0 Å². The summed E-state index contributed by atoms with van der Waals surface area (Å²) in [6.45, 7) is 4.70. The van der Waals surface area contributed by atoms with Gasteiger partial charge in [-0.05, 0) is 55.5 Å². The molecule has 2 aromatic heterocycles. The van der Waals surface area contributed by atoms with Gasteiger partial charge in [0.2, 0.25) is 5.91 Å². The molecule has 0 unspecified atom stereocenters. The van der Waals surface area contributed by atoms with Gasteiger partial charge in [0.15, 0.2) is 5.82 Å². The van der Waals surface area contributed by atoms with Crippen molar-refractivity contribution in [1.82, 2.24) is 9.97 Å². The molecular formula is C22H24N4O2S. The Balaban J connectivity index is 1.62. The van der Waals surface area contributed by atoms with Crippen LogP contribution in [0.5, 0.6) is 0 Å². The van der Waals surface area contributed by atoms with E-state index >= 15 is 0 Å².